The van der Waals surface area contributed by atoms with E-state index in [4.69, 9.17) is 9.47 Å². The van der Waals surface area contributed by atoms with Gasteiger partial charge in [0.05, 0.1) is 34.6 Å². The van der Waals surface area contributed by atoms with Gasteiger partial charge in [-0.05, 0) is 39.0 Å². The third kappa shape index (κ3) is 5.09. The van der Waals surface area contributed by atoms with Gasteiger partial charge in [0.1, 0.15) is 12.7 Å². The first-order chi connectivity index (χ1) is 18.4. The summed E-state index contributed by atoms with van der Waals surface area (Å²) in [5.74, 6) is -0.356. The summed E-state index contributed by atoms with van der Waals surface area (Å²) in [6.45, 7) is 8.47. The lowest BCUT2D eigenvalue weighted by Gasteiger charge is -2.38. The highest BCUT2D eigenvalue weighted by Gasteiger charge is 2.25. The largest absolute Gasteiger partial charge is 0.461 e. The Morgan fingerprint density at radius 1 is 1.21 bits per heavy atom. The summed E-state index contributed by atoms with van der Waals surface area (Å²) in [5, 5.41) is 16.8. The zero-order valence-corrected chi connectivity index (χ0v) is 21.9. The zero-order valence-electron chi connectivity index (χ0n) is 21.9. The van der Waals surface area contributed by atoms with Crippen molar-refractivity contribution in [3.8, 4) is 12.1 Å². The van der Waals surface area contributed by atoms with Crippen molar-refractivity contribution in [1.82, 2.24) is 24.7 Å². The molecule has 3 aromatic heterocycles. The fourth-order valence-electron chi connectivity index (χ4n) is 4.93. The fourth-order valence-corrected chi connectivity index (χ4v) is 4.93. The minimum absolute atomic E-state index is 0.171. The summed E-state index contributed by atoms with van der Waals surface area (Å²) in [5.41, 5.74) is 3.99. The Bertz CT molecular complexity index is 1530. The summed E-state index contributed by atoms with van der Waals surface area (Å²) in [4.78, 5) is 29.3. The molecule has 1 saturated heterocycles. The summed E-state index contributed by atoms with van der Waals surface area (Å²) in [6, 6.07) is 8.29. The van der Waals surface area contributed by atoms with Crippen molar-refractivity contribution in [3.63, 3.8) is 0 Å². The van der Waals surface area contributed by atoms with E-state index in [0.29, 0.717) is 46.7 Å². The standard InChI is InChI=1S/C27H30N8O3/c1-16-12-34(13-17(2)30-16)23-6-5-21(24-22(23)11-29-27(33-24)38-8-7-37-4)26(36)32-20-9-19(10-28)25-31-18(3)14-35(25)15-20/h5-6,9,11,14-17,30H,7-8,12-13H2,1-4H3,(H,32,36)/t16-,17-/m1/s1. The summed E-state index contributed by atoms with van der Waals surface area (Å²) in [7, 11) is 1.59. The van der Waals surface area contributed by atoms with Gasteiger partial charge in [0.25, 0.3) is 5.91 Å². The van der Waals surface area contributed by atoms with Crippen LogP contribution in [0.2, 0.25) is 0 Å². The van der Waals surface area contributed by atoms with E-state index in [1.807, 2.05) is 19.2 Å². The molecular weight excluding hydrogens is 484 g/mol. The van der Waals surface area contributed by atoms with Crippen LogP contribution in [0.5, 0.6) is 6.01 Å². The second-order valence-corrected chi connectivity index (χ2v) is 9.58. The molecule has 1 aliphatic heterocycles. The van der Waals surface area contributed by atoms with Crippen LogP contribution in [-0.2, 0) is 4.74 Å². The molecule has 5 rings (SSSR count). The molecule has 0 bridgehead atoms. The molecule has 1 amide bonds. The number of pyridine rings is 1. The van der Waals surface area contributed by atoms with Crippen LogP contribution >= 0.6 is 0 Å². The maximum Gasteiger partial charge on any atom is 0.317 e. The van der Waals surface area contributed by atoms with Gasteiger partial charge in [0.2, 0.25) is 0 Å². The number of carbonyl (C=O) groups excluding carboxylic acids is 1. The summed E-state index contributed by atoms with van der Waals surface area (Å²) >= 11 is 0. The van der Waals surface area contributed by atoms with E-state index in [9.17, 15) is 10.1 Å². The first kappa shape index (κ1) is 25.4. The van der Waals surface area contributed by atoms with E-state index >= 15 is 0 Å². The first-order valence-electron chi connectivity index (χ1n) is 12.5. The maximum atomic E-state index is 13.6. The Balaban J connectivity index is 1.54. The highest BCUT2D eigenvalue weighted by molar-refractivity contribution is 6.14. The minimum Gasteiger partial charge on any atom is -0.461 e. The molecule has 0 saturated carbocycles. The van der Waals surface area contributed by atoms with Crippen LogP contribution in [0.25, 0.3) is 16.6 Å². The van der Waals surface area contributed by atoms with Crippen molar-refractivity contribution in [2.24, 2.45) is 0 Å². The Morgan fingerprint density at radius 3 is 2.74 bits per heavy atom. The van der Waals surface area contributed by atoms with Crippen molar-refractivity contribution in [2.75, 3.05) is 43.6 Å². The highest BCUT2D eigenvalue weighted by atomic mass is 16.5. The van der Waals surface area contributed by atoms with E-state index in [0.717, 1.165) is 29.9 Å². The molecule has 1 aliphatic rings. The van der Waals surface area contributed by atoms with Gasteiger partial charge in [0, 0.05) is 61.9 Å². The predicted molar refractivity (Wildman–Crippen MR) is 144 cm³/mol. The van der Waals surface area contributed by atoms with Crippen LogP contribution < -0.4 is 20.3 Å². The molecular formula is C27H30N8O3. The van der Waals surface area contributed by atoms with Gasteiger partial charge in [-0.3, -0.25) is 4.79 Å². The van der Waals surface area contributed by atoms with Crippen molar-refractivity contribution in [2.45, 2.75) is 32.9 Å². The van der Waals surface area contributed by atoms with Gasteiger partial charge in [-0.25, -0.2) is 9.97 Å². The number of hydrogen-bond donors (Lipinski definition) is 2. The lowest BCUT2D eigenvalue weighted by Crippen LogP contribution is -2.54. The van der Waals surface area contributed by atoms with Crippen LogP contribution in [-0.4, -0.2) is 70.8 Å². The normalized spacial score (nSPS) is 17.5. The SMILES string of the molecule is COCCOc1ncc2c(N3C[C@@H](C)N[C@H](C)C3)ccc(C(=O)Nc3cc(C#N)c4nc(C)cn4c3)c2n1. The van der Waals surface area contributed by atoms with Crippen LogP contribution in [0.15, 0.2) is 36.8 Å². The second-order valence-electron chi connectivity index (χ2n) is 9.58. The average Bonchev–Trinajstić information content (AvgIpc) is 3.27. The van der Waals surface area contributed by atoms with E-state index < -0.39 is 0 Å². The number of carbonyl (C=O) groups is 1. The molecule has 0 aliphatic carbocycles. The number of methoxy groups -OCH3 is 1. The van der Waals surface area contributed by atoms with Crippen LogP contribution in [0, 0.1) is 18.3 Å². The first-order valence-corrected chi connectivity index (χ1v) is 12.5. The van der Waals surface area contributed by atoms with E-state index in [2.05, 4.69) is 50.4 Å². The number of benzene rings is 1. The number of aromatic nitrogens is 4. The van der Waals surface area contributed by atoms with E-state index in [1.54, 1.807) is 36.0 Å². The van der Waals surface area contributed by atoms with E-state index in [1.165, 1.54) is 0 Å². The molecule has 11 heteroatoms. The van der Waals surface area contributed by atoms with Gasteiger partial charge in [-0.2, -0.15) is 10.2 Å². The van der Waals surface area contributed by atoms with Crippen LogP contribution in [0.3, 0.4) is 0 Å². The Hall–Kier alpha value is -4.27. The number of imidazole rings is 1. The lowest BCUT2D eigenvalue weighted by atomic mass is 10.0. The second kappa shape index (κ2) is 10.6. The minimum atomic E-state index is -0.356. The zero-order chi connectivity index (χ0) is 26.8. The van der Waals surface area contributed by atoms with Gasteiger partial charge >= 0.3 is 6.01 Å². The number of aryl methyl sites for hydroxylation is 1. The quantitative estimate of drug-likeness (QED) is 0.358. The van der Waals surface area contributed by atoms with Gasteiger partial charge in [-0.15, -0.1) is 0 Å². The molecule has 2 N–H and O–H groups in total. The third-order valence-corrected chi connectivity index (χ3v) is 6.42. The highest BCUT2D eigenvalue weighted by Crippen LogP contribution is 2.31. The lowest BCUT2D eigenvalue weighted by molar-refractivity contribution is 0.102. The van der Waals surface area contributed by atoms with Crippen molar-refractivity contribution in [1.29, 1.82) is 5.26 Å². The number of nitrogens with zero attached hydrogens (tertiary/aromatic N) is 6. The number of ether oxygens (including phenoxy) is 2. The smallest absolute Gasteiger partial charge is 0.317 e. The number of hydrogen-bond acceptors (Lipinski definition) is 9. The predicted octanol–water partition coefficient (Wildman–Crippen LogP) is 2.92. The Kier molecular flexibility index (Phi) is 7.09. The molecule has 4 aromatic rings. The van der Waals surface area contributed by atoms with Crippen molar-refractivity contribution < 1.29 is 14.3 Å². The Morgan fingerprint density at radius 2 is 2.00 bits per heavy atom. The number of piperazine rings is 1. The third-order valence-electron chi connectivity index (χ3n) is 6.42. The topological polar surface area (TPSA) is 130 Å². The monoisotopic (exact) mass is 514 g/mol. The number of amides is 1. The number of fused-ring (bicyclic) bond motifs is 2. The molecule has 0 radical (unpaired) electrons. The molecule has 1 fully saturated rings. The molecule has 38 heavy (non-hydrogen) atoms. The number of rotatable bonds is 7. The fraction of sp³-hybridized carbons (Fsp3) is 0.370. The van der Waals surface area contributed by atoms with Crippen LogP contribution in [0.1, 0.15) is 35.5 Å². The maximum absolute atomic E-state index is 13.6. The van der Waals surface area contributed by atoms with Crippen LogP contribution in [0.4, 0.5) is 11.4 Å². The molecule has 2 atom stereocenters. The van der Waals surface area contributed by atoms with Crippen molar-refractivity contribution in [3.05, 3.63) is 53.6 Å². The molecule has 1 aromatic carbocycles. The number of nitriles is 1. The molecule has 196 valence electrons. The molecule has 4 heterocycles. The molecule has 0 spiro atoms. The van der Waals surface area contributed by atoms with E-state index in [-0.39, 0.29) is 18.5 Å². The number of nitrogens with one attached hydrogen (secondary N) is 2. The molecule has 0 unspecified atom stereocenters. The number of anilines is 2. The Labute approximate surface area is 220 Å². The van der Waals surface area contributed by atoms with Gasteiger partial charge in [-0.1, -0.05) is 0 Å². The van der Waals surface area contributed by atoms with Gasteiger partial charge < -0.3 is 29.4 Å². The average molecular weight is 515 g/mol. The summed E-state index contributed by atoms with van der Waals surface area (Å²) in [6.07, 6.45) is 5.26. The van der Waals surface area contributed by atoms with Crippen molar-refractivity contribution >= 4 is 33.8 Å². The molecule has 11 nitrogen and oxygen atoms in total. The van der Waals surface area contributed by atoms with Gasteiger partial charge in [0.15, 0.2) is 5.65 Å². The summed E-state index contributed by atoms with van der Waals surface area (Å²) < 4.78 is 12.5.